The zero-order valence-corrected chi connectivity index (χ0v) is 16.1. The van der Waals surface area contributed by atoms with Gasteiger partial charge in [0.15, 0.2) is 10.8 Å². The summed E-state index contributed by atoms with van der Waals surface area (Å²) in [5.41, 5.74) is 4.38. The molecule has 0 aliphatic rings. The van der Waals surface area contributed by atoms with E-state index in [4.69, 9.17) is 9.51 Å². The van der Waals surface area contributed by atoms with Crippen LogP contribution in [0.1, 0.15) is 32.9 Å². The van der Waals surface area contributed by atoms with Crippen LogP contribution in [0, 0.1) is 20.8 Å². The van der Waals surface area contributed by atoms with E-state index in [1.165, 1.54) is 11.3 Å². The quantitative estimate of drug-likeness (QED) is 0.524. The Bertz CT molecular complexity index is 1120. The molecule has 4 rings (SSSR count). The van der Waals surface area contributed by atoms with Crippen molar-refractivity contribution in [2.24, 2.45) is 0 Å². The molecule has 0 aliphatic carbocycles. The number of nitrogens with zero attached hydrogens (tertiary/aromatic N) is 4. The van der Waals surface area contributed by atoms with Crippen LogP contribution < -0.4 is 4.90 Å². The molecule has 0 spiro atoms. The second kappa shape index (κ2) is 6.92. The predicted molar refractivity (Wildman–Crippen MR) is 105 cm³/mol. The fourth-order valence-electron chi connectivity index (χ4n) is 2.99. The molecule has 27 heavy (non-hydrogen) atoms. The van der Waals surface area contributed by atoms with E-state index in [0.29, 0.717) is 17.4 Å². The normalized spacial score (nSPS) is 11.1. The predicted octanol–water partition coefficient (Wildman–Crippen LogP) is 4.45. The van der Waals surface area contributed by atoms with E-state index in [2.05, 4.69) is 23.1 Å². The lowest BCUT2D eigenvalue weighted by atomic mass is 10.1. The minimum Gasteiger partial charge on any atom is -0.361 e. The number of hydrogen-bond donors (Lipinski definition) is 0. The van der Waals surface area contributed by atoms with Crippen molar-refractivity contribution in [3.63, 3.8) is 0 Å². The van der Waals surface area contributed by atoms with Gasteiger partial charge < -0.3 is 4.52 Å². The Morgan fingerprint density at radius 1 is 1.22 bits per heavy atom. The lowest BCUT2D eigenvalue weighted by Crippen LogP contribution is -2.30. The molecule has 0 bridgehead atoms. The lowest BCUT2D eigenvalue weighted by Gasteiger charge is -2.18. The summed E-state index contributed by atoms with van der Waals surface area (Å²) >= 11 is 1.50. The number of carbonyl (C=O) groups is 1. The summed E-state index contributed by atoms with van der Waals surface area (Å²) < 4.78 is 6.17. The largest absolute Gasteiger partial charge is 0.361 e. The number of hydrogen-bond acceptors (Lipinski definition) is 6. The van der Waals surface area contributed by atoms with Gasteiger partial charge in [0.05, 0.1) is 16.8 Å². The molecule has 0 fully saturated rings. The minimum atomic E-state index is -0.246. The third-order valence-corrected chi connectivity index (χ3v) is 5.42. The van der Waals surface area contributed by atoms with Crippen LogP contribution in [-0.4, -0.2) is 21.0 Å². The number of pyridine rings is 1. The van der Waals surface area contributed by atoms with Crippen molar-refractivity contribution in [3.8, 4) is 0 Å². The van der Waals surface area contributed by atoms with Crippen molar-refractivity contribution in [2.75, 3.05) is 4.90 Å². The number of benzene rings is 1. The maximum Gasteiger partial charge on any atom is 0.282 e. The van der Waals surface area contributed by atoms with E-state index in [0.717, 1.165) is 26.9 Å². The molecule has 0 saturated heterocycles. The molecule has 3 aromatic heterocycles. The summed E-state index contributed by atoms with van der Waals surface area (Å²) in [6.07, 6.45) is 3.46. The average Bonchev–Trinajstić information content (AvgIpc) is 3.26. The summed E-state index contributed by atoms with van der Waals surface area (Å²) in [6.45, 7) is 6.23. The number of carbonyl (C=O) groups excluding carboxylic acids is 1. The smallest absolute Gasteiger partial charge is 0.282 e. The van der Waals surface area contributed by atoms with Gasteiger partial charge in [-0.15, -0.1) is 0 Å². The topological polar surface area (TPSA) is 72.1 Å². The molecule has 3 heterocycles. The zero-order chi connectivity index (χ0) is 19.0. The maximum absolute atomic E-state index is 13.1. The van der Waals surface area contributed by atoms with E-state index in [1.807, 2.05) is 25.1 Å². The van der Waals surface area contributed by atoms with Crippen molar-refractivity contribution >= 4 is 32.6 Å². The van der Waals surface area contributed by atoms with Crippen molar-refractivity contribution in [1.82, 2.24) is 15.1 Å². The average molecular weight is 378 g/mol. The highest BCUT2D eigenvalue weighted by molar-refractivity contribution is 7.22. The SMILES string of the molecule is Cc1cc(C)c2sc(N(Cc3cccnc3)C(=O)c3cc(C)on3)nc2c1. The fraction of sp³-hybridized carbons (Fsp3) is 0.200. The Hall–Kier alpha value is -3.06. The number of anilines is 1. The summed E-state index contributed by atoms with van der Waals surface area (Å²) in [4.78, 5) is 23.7. The van der Waals surface area contributed by atoms with Gasteiger partial charge in [0, 0.05) is 18.5 Å². The van der Waals surface area contributed by atoms with Crippen LogP contribution in [-0.2, 0) is 6.54 Å². The van der Waals surface area contributed by atoms with Crippen LogP contribution in [0.2, 0.25) is 0 Å². The van der Waals surface area contributed by atoms with Gasteiger partial charge in [-0.25, -0.2) is 4.98 Å². The van der Waals surface area contributed by atoms with E-state index in [9.17, 15) is 4.79 Å². The van der Waals surface area contributed by atoms with Gasteiger partial charge in [-0.05, 0) is 49.6 Å². The van der Waals surface area contributed by atoms with Crippen molar-refractivity contribution in [2.45, 2.75) is 27.3 Å². The molecule has 0 atom stereocenters. The van der Waals surface area contributed by atoms with E-state index in [1.54, 1.807) is 30.3 Å². The molecule has 0 radical (unpaired) electrons. The van der Waals surface area contributed by atoms with Gasteiger partial charge in [-0.3, -0.25) is 14.7 Å². The van der Waals surface area contributed by atoms with Crippen LogP contribution in [0.5, 0.6) is 0 Å². The van der Waals surface area contributed by atoms with E-state index >= 15 is 0 Å². The monoisotopic (exact) mass is 378 g/mol. The van der Waals surface area contributed by atoms with E-state index in [-0.39, 0.29) is 11.6 Å². The number of fused-ring (bicyclic) bond motifs is 1. The summed E-state index contributed by atoms with van der Waals surface area (Å²) in [5, 5.41) is 4.52. The summed E-state index contributed by atoms with van der Waals surface area (Å²) in [5.74, 6) is 0.347. The number of aromatic nitrogens is 3. The first kappa shape index (κ1) is 17.4. The Morgan fingerprint density at radius 3 is 2.78 bits per heavy atom. The highest BCUT2D eigenvalue weighted by Gasteiger charge is 2.24. The first-order chi connectivity index (χ1) is 13.0. The summed E-state index contributed by atoms with van der Waals surface area (Å²) in [7, 11) is 0. The Morgan fingerprint density at radius 2 is 2.07 bits per heavy atom. The van der Waals surface area contributed by atoms with E-state index < -0.39 is 0 Å². The third-order valence-electron chi connectivity index (χ3n) is 4.20. The Balaban J connectivity index is 1.79. The van der Waals surface area contributed by atoms with Crippen LogP contribution in [0.3, 0.4) is 0 Å². The fourth-order valence-corrected chi connectivity index (χ4v) is 4.00. The maximum atomic E-state index is 13.1. The molecule has 0 saturated carbocycles. The number of thiazole rings is 1. The van der Waals surface area contributed by atoms with Crippen molar-refractivity contribution < 1.29 is 9.32 Å². The highest BCUT2D eigenvalue weighted by atomic mass is 32.1. The van der Waals surface area contributed by atoms with Crippen LogP contribution in [0.15, 0.2) is 47.2 Å². The van der Waals surface area contributed by atoms with Crippen LogP contribution in [0.4, 0.5) is 5.13 Å². The lowest BCUT2D eigenvalue weighted by molar-refractivity contribution is 0.0976. The van der Waals surface area contributed by atoms with Gasteiger partial charge in [0.25, 0.3) is 5.91 Å². The highest BCUT2D eigenvalue weighted by Crippen LogP contribution is 2.33. The molecule has 7 heteroatoms. The van der Waals surface area contributed by atoms with Gasteiger partial charge in [-0.2, -0.15) is 0 Å². The van der Waals surface area contributed by atoms with Crippen molar-refractivity contribution in [3.05, 3.63) is 70.9 Å². The van der Waals surface area contributed by atoms with Gasteiger partial charge in [0.1, 0.15) is 5.76 Å². The third kappa shape index (κ3) is 3.46. The van der Waals surface area contributed by atoms with Gasteiger partial charge in [-0.1, -0.05) is 28.6 Å². The Labute approximate surface area is 160 Å². The summed E-state index contributed by atoms with van der Waals surface area (Å²) in [6, 6.07) is 9.59. The molecule has 6 nitrogen and oxygen atoms in total. The van der Waals surface area contributed by atoms with Gasteiger partial charge in [0.2, 0.25) is 0 Å². The molecular formula is C20H18N4O2S. The molecule has 136 valence electrons. The first-order valence-corrected chi connectivity index (χ1v) is 9.35. The molecule has 0 unspecified atom stereocenters. The first-order valence-electron chi connectivity index (χ1n) is 8.53. The van der Waals surface area contributed by atoms with Gasteiger partial charge >= 0.3 is 0 Å². The number of aryl methyl sites for hydroxylation is 3. The molecule has 1 amide bonds. The van der Waals surface area contributed by atoms with Crippen molar-refractivity contribution in [1.29, 1.82) is 0 Å². The second-order valence-electron chi connectivity index (χ2n) is 6.50. The molecule has 0 N–H and O–H groups in total. The van der Waals surface area contributed by atoms with Crippen LogP contribution >= 0.6 is 11.3 Å². The minimum absolute atomic E-state index is 0.246. The van der Waals surface area contributed by atoms with Crippen LogP contribution in [0.25, 0.3) is 10.2 Å². The Kier molecular flexibility index (Phi) is 4.45. The molecule has 4 aromatic rings. The molecule has 1 aromatic carbocycles. The molecular weight excluding hydrogens is 360 g/mol. The number of amides is 1. The molecule has 0 aliphatic heterocycles. The second-order valence-corrected chi connectivity index (χ2v) is 7.48. The standard InChI is InChI=1S/C20H18N4O2S/c1-12-7-13(2)18-16(8-12)22-20(27-18)24(11-15-5-4-6-21-10-15)19(25)17-9-14(3)26-23-17/h4-10H,11H2,1-3H3. The number of rotatable bonds is 4. The zero-order valence-electron chi connectivity index (χ0n) is 15.3.